The predicted octanol–water partition coefficient (Wildman–Crippen LogP) is 0.589. The Labute approximate surface area is 208 Å². The molecule has 2 atom stereocenters. The third-order valence-electron chi connectivity index (χ3n) is 4.48. The Morgan fingerprint density at radius 1 is 1.14 bits per heavy atom. The van der Waals surface area contributed by atoms with E-state index >= 15 is 0 Å². The molecular formula is C20H23Br2FNNaO4. The van der Waals surface area contributed by atoms with Gasteiger partial charge in [0.05, 0.1) is 26.8 Å². The van der Waals surface area contributed by atoms with Crippen molar-refractivity contribution in [1.29, 1.82) is 0 Å². The summed E-state index contributed by atoms with van der Waals surface area (Å²) in [6, 6.07) is 6.19. The number of aromatic nitrogens is 1. The SMILES string of the molecule is CC(C)c1c(Br)c(Br)c(-c2ccc(F)cc2)n1CC[C@@H](O)C[C@@H](O)CC(=O)[O-].[Na+]. The van der Waals surface area contributed by atoms with E-state index in [-0.39, 0.29) is 47.7 Å². The largest absolute Gasteiger partial charge is 1.00 e. The van der Waals surface area contributed by atoms with Crippen molar-refractivity contribution in [3.63, 3.8) is 0 Å². The van der Waals surface area contributed by atoms with Gasteiger partial charge in [-0.2, -0.15) is 0 Å². The van der Waals surface area contributed by atoms with E-state index in [0.717, 1.165) is 25.9 Å². The molecule has 2 rings (SSSR count). The number of halogens is 3. The summed E-state index contributed by atoms with van der Waals surface area (Å²) in [5.74, 6) is -1.49. The number of carboxylic acid groups (broad SMARTS) is 1. The van der Waals surface area contributed by atoms with Crippen LogP contribution in [0.15, 0.2) is 33.2 Å². The Morgan fingerprint density at radius 3 is 2.24 bits per heavy atom. The monoisotopic (exact) mass is 541 g/mol. The van der Waals surface area contributed by atoms with Gasteiger partial charge in [-0.3, -0.25) is 0 Å². The first kappa shape index (κ1) is 26.8. The van der Waals surface area contributed by atoms with Gasteiger partial charge in [0.25, 0.3) is 0 Å². The maximum absolute atomic E-state index is 13.4. The molecule has 0 bridgehead atoms. The van der Waals surface area contributed by atoms with Crippen LogP contribution in [0.1, 0.15) is 44.7 Å². The van der Waals surface area contributed by atoms with E-state index < -0.39 is 24.6 Å². The molecule has 1 aromatic carbocycles. The molecule has 5 nitrogen and oxygen atoms in total. The van der Waals surface area contributed by atoms with Gasteiger partial charge in [0, 0.05) is 24.6 Å². The van der Waals surface area contributed by atoms with E-state index in [1.807, 2.05) is 0 Å². The number of hydrogen-bond acceptors (Lipinski definition) is 4. The molecule has 1 heterocycles. The maximum Gasteiger partial charge on any atom is 1.00 e. The predicted molar refractivity (Wildman–Crippen MR) is 110 cm³/mol. The van der Waals surface area contributed by atoms with Crippen LogP contribution in [0, 0.1) is 5.82 Å². The van der Waals surface area contributed by atoms with Crippen LogP contribution in [0.2, 0.25) is 0 Å². The van der Waals surface area contributed by atoms with Crippen LogP contribution in [0.4, 0.5) is 4.39 Å². The molecule has 0 aliphatic heterocycles. The molecule has 0 radical (unpaired) electrons. The van der Waals surface area contributed by atoms with Gasteiger partial charge in [-0.25, -0.2) is 4.39 Å². The van der Waals surface area contributed by atoms with Crippen molar-refractivity contribution >= 4 is 37.8 Å². The average molecular weight is 543 g/mol. The van der Waals surface area contributed by atoms with E-state index in [0.29, 0.717) is 13.0 Å². The zero-order valence-electron chi connectivity index (χ0n) is 16.7. The van der Waals surface area contributed by atoms with Crippen molar-refractivity contribution in [3.05, 3.63) is 44.7 Å². The molecule has 0 aliphatic carbocycles. The second kappa shape index (κ2) is 12.0. The minimum absolute atomic E-state index is 0. The number of carbonyl (C=O) groups excluding carboxylic acids is 1. The van der Waals surface area contributed by atoms with Gasteiger partial charge in [0.2, 0.25) is 0 Å². The summed E-state index contributed by atoms with van der Waals surface area (Å²) in [4.78, 5) is 10.6. The average Bonchev–Trinajstić information content (AvgIpc) is 2.84. The van der Waals surface area contributed by atoms with Crippen LogP contribution in [-0.4, -0.2) is 33.0 Å². The Morgan fingerprint density at radius 2 is 1.72 bits per heavy atom. The molecule has 2 aromatic rings. The molecule has 0 saturated carbocycles. The Hall–Kier alpha value is -0.220. The zero-order chi connectivity index (χ0) is 21.0. The van der Waals surface area contributed by atoms with E-state index in [4.69, 9.17) is 0 Å². The van der Waals surface area contributed by atoms with Crippen molar-refractivity contribution < 1.29 is 54.1 Å². The molecule has 9 heteroatoms. The molecule has 154 valence electrons. The van der Waals surface area contributed by atoms with Crippen molar-refractivity contribution in [2.24, 2.45) is 0 Å². The third-order valence-corrected chi connectivity index (χ3v) is 6.59. The molecular weight excluding hydrogens is 520 g/mol. The molecule has 0 aliphatic rings. The van der Waals surface area contributed by atoms with Crippen LogP contribution in [0.5, 0.6) is 0 Å². The summed E-state index contributed by atoms with van der Waals surface area (Å²) in [5.41, 5.74) is 2.71. The van der Waals surface area contributed by atoms with Crippen LogP contribution < -0.4 is 34.7 Å². The van der Waals surface area contributed by atoms with Gasteiger partial charge in [0.15, 0.2) is 0 Å². The number of nitrogens with zero attached hydrogens (tertiary/aromatic N) is 1. The smallest absolute Gasteiger partial charge is 0.550 e. The fraction of sp³-hybridized carbons (Fsp3) is 0.450. The first-order valence-corrected chi connectivity index (χ1v) is 10.6. The summed E-state index contributed by atoms with van der Waals surface area (Å²) >= 11 is 7.24. The molecule has 1 aromatic heterocycles. The van der Waals surface area contributed by atoms with E-state index in [9.17, 15) is 24.5 Å². The standard InChI is InChI=1S/C20H24Br2FNO4.Na/c1-11(2)19-17(21)18(22)20(12-3-5-13(23)6-4-12)24(19)8-7-14(25)9-15(26)10-16(27)28;/h3-6,11,14-15,25-26H,7-10H2,1-2H3,(H,27,28);/q;+1/p-1/t14-,15-;/m1./s1. The second-order valence-electron chi connectivity index (χ2n) is 7.08. The van der Waals surface area contributed by atoms with Gasteiger partial charge in [-0.1, -0.05) is 13.8 Å². The van der Waals surface area contributed by atoms with E-state index in [2.05, 4.69) is 50.3 Å². The van der Waals surface area contributed by atoms with Crippen LogP contribution in [0.3, 0.4) is 0 Å². The quantitative estimate of drug-likeness (QED) is 0.454. The van der Waals surface area contributed by atoms with Gasteiger partial charge in [-0.05, 0) is 80.4 Å². The number of aliphatic hydroxyl groups is 2. The maximum atomic E-state index is 13.4. The van der Waals surface area contributed by atoms with Gasteiger partial charge < -0.3 is 24.7 Å². The van der Waals surface area contributed by atoms with Gasteiger partial charge in [0.1, 0.15) is 5.82 Å². The zero-order valence-corrected chi connectivity index (χ0v) is 21.8. The molecule has 0 spiro atoms. The number of aliphatic hydroxyl groups excluding tert-OH is 2. The number of aliphatic carboxylic acids is 1. The molecule has 0 saturated heterocycles. The van der Waals surface area contributed by atoms with Gasteiger partial charge in [-0.15, -0.1) is 0 Å². The Kier molecular flexibility index (Phi) is 11.1. The molecule has 0 amide bonds. The Balaban J connectivity index is 0.00000420. The molecule has 0 unspecified atom stereocenters. The summed E-state index contributed by atoms with van der Waals surface area (Å²) in [6.45, 7) is 4.55. The fourth-order valence-corrected chi connectivity index (χ4v) is 4.75. The van der Waals surface area contributed by atoms with Crippen molar-refractivity contribution in [1.82, 2.24) is 4.57 Å². The molecule has 2 N–H and O–H groups in total. The molecule has 29 heavy (non-hydrogen) atoms. The summed E-state index contributed by atoms with van der Waals surface area (Å²) in [7, 11) is 0. The second-order valence-corrected chi connectivity index (χ2v) is 8.67. The number of carbonyl (C=O) groups is 1. The summed E-state index contributed by atoms with van der Waals surface area (Å²) in [6.07, 6.45) is -2.23. The number of rotatable bonds is 9. The van der Waals surface area contributed by atoms with Crippen LogP contribution in [-0.2, 0) is 11.3 Å². The van der Waals surface area contributed by atoms with E-state index in [1.54, 1.807) is 12.1 Å². The van der Waals surface area contributed by atoms with Crippen molar-refractivity contribution in [3.8, 4) is 11.3 Å². The number of hydrogen-bond donors (Lipinski definition) is 2. The van der Waals surface area contributed by atoms with Gasteiger partial charge >= 0.3 is 29.6 Å². The van der Waals surface area contributed by atoms with Crippen LogP contribution in [0.25, 0.3) is 11.3 Å². The van der Waals surface area contributed by atoms with Crippen LogP contribution >= 0.6 is 31.9 Å². The first-order valence-electron chi connectivity index (χ1n) is 9.01. The normalized spacial score (nSPS) is 13.2. The van der Waals surface area contributed by atoms with Crippen molar-refractivity contribution in [2.75, 3.05) is 0 Å². The number of benzene rings is 1. The Bertz CT molecular complexity index is 827. The topological polar surface area (TPSA) is 85.5 Å². The van der Waals surface area contributed by atoms with Crippen molar-refractivity contribution in [2.45, 2.75) is 57.8 Å². The molecule has 0 fully saturated rings. The summed E-state index contributed by atoms with van der Waals surface area (Å²) in [5, 5.41) is 30.5. The minimum atomic E-state index is -1.35. The first-order chi connectivity index (χ1) is 13.1. The third kappa shape index (κ3) is 7.16. The fourth-order valence-electron chi connectivity index (χ4n) is 3.25. The minimum Gasteiger partial charge on any atom is -0.550 e. The van der Waals surface area contributed by atoms with E-state index in [1.165, 1.54) is 12.1 Å². The summed E-state index contributed by atoms with van der Waals surface area (Å²) < 4.78 is 17.1. The number of carboxylic acids is 1.